The van der Waals surface area contributed by atoms with Crippen LogP contribution in [0.4, 0.5) is 4.39 Å². The minimum absolute atomic E-state index is 0.100. The molecule has 0 amide bonds. The van der Waals surface area contributed by atoms with Crippen molar-refractivity contribution in [3.63, 3.8) is 0 Å². The van der Waals surface area contributed by atoms with Crippen molar-refractivity contribution in [3.8, 4) is 17.2 Å². The van der Waals surface area contributed by atoms with Gasteiger partial charge in [0.1, 0.15) is 23.9 Å². The zero-order chi connectivity index (χ0) is 23.4. The molecule has 0 aliphatic heterocycles. The van der Waals surface area contributed by atoms with Gasteiger partial charge in [0.25, 0.3) is 0 Å². The molecule has 0 aliphatic rings. The quantitative estimate of drug-likeness (QED) is 0.334. The molecular formula is C23H24FN5O3S. The molecule has 4 aromatic rings. The fraction of sp³-hybridized carbons (Fsp3) is 0.304. The molecule has 2 aromatic carbocycles. The van der Waals surface area contributed by atoms with Crippen molar-refractivity contribution in [1.29, 1.82) is 0 Å². The number of halogens is 1. The molecule has 4 rings (SSSR count). The van der Waals surface area contributed by atoms with Gasteiger partial charge in [-0.25, -0.2) is 4.39 Å². The molecule has 10 heteroatoms. The zero-order valence-electron chi connectivity index (χ0n) is 18.8. The van der Waals surface area contributed by atoms with Gasteiger partial charge in [0.05, 0.1) is 18.6 Å². The number of nitrogens with zero attached hydrogens (tertiary/aromatic N) is 5. The first kappa shape index (κ1) is 22.8. The molecule has 0 aliphatic carbocycles. The van der Waals surface area contributed by atoms with E-state index in [9.17, 15) is 4.39 Å². The number of para-hydroxylation sites is 1. The number of thioether (sulfide) groups is 1. The molecule has 0 saturated heterocycles. The highest BCUT2D eigenvalue weighted by Crippen LogP contribution is 2.28. The van der Waals surface area contributed by atoms with Crippen LogP contribution in [0, 0.1) is 5.82 Å². The van der Waals surface area contributed by atoms with Gasteiger partial charge >= 0.3 is 0 Å². The van der Waals surface area contributed by atoms with Gasteiger partial charge in [-0.2, -0.15) is 0 Å². The van der Waals surface area contributed by atoms with Gasteiger partial charge in [-0.3, -0.25) is 4.57 Å². The fourth-order valence-corrected chi connectivity index (χ4v) is 3.72. The lowest BCUT2D eigenvalue weighted by atomic mass is 9.97. The van der Waals surface area contributed by atoms with Crippen LogP contribution in [0.5, 0.6) is 11.5 Å². The van der Waals surface area contributed by atoms with Crippen molar-refractivity contribution in [1.82, 2.24) is 25.0 Å². The number of rotatable bonds is 8. The summed E-state index contributed by atoms with van der Waals surface area (Å²) in [5, 5.41) is 17.2. The van der Waals surface area contributed by atoms with E-state index in [0.29, 0.717) is 40.0 Å². The van der Waals surface area contributed by atoms with Crippen LogP contribution in [0.2, 0.25) is 0 Å². The van der Waals surface area contributed by atoms with Gasteiger partial charge in [0.2, 0.25) is 11.8 Å². The summed E-state index contributed by atoms with van der Waals surface area (Å²) >= 11 is 1.33. The number of aromatic nitrogens is 5. The fourth-order valence-electron chi connectivity index (χ4n) is 2.92. The molecule has 2 heterocycles. The van der Waals surface area contributed by atoms with Crippen molar-refractivity contribution < 1.29 is 18.3 Å². The van der Waals surface area contributed by atoms with Gasteiger partial charge in [-0.05, 0) is 36.4 Å². The summed E-state index contributed by atoms with van der Waals surface area (Å²) in [5.74, 6) is 2.82. The van der Waals surface area contributed by atoms with Gasteiger partial charge < -0.3 is 13.9 Å². The lowest BCUT2D eigenvalue weighted by Crippen LogP contribution is -2.11. The Morgan fingerprint density at radius 1 is 0.970 bits per heavy atom. The van der Waals surface area contributed by atoms with Crippen molar-refractivity contribution in [3.05, 3.63) is 72.0 Å². The number of ether oxygens (including phenoxy) is 2. The molecule has 0 radical (unpaired) electrons. The maximum atomic E-state index is 14.7. The largest absolute Gasteiger partial charge is 0.497 e. The molecule has 8 nitrogen and oxygen atoms in total. The van der Waals surface area contributed by atoms with Gasteiger partial charge in [0.15, 0.2) is 11.0 Å². The second-order valence-corrected chi connectivity index (χ2v) is 9.13. The maximum Gasteiger partial charge on any atom is 0.226 e. The molecule has 2 aromatic heterocycles. The van der Waals surface area contributed by atoms with Gasteiger partial charge in [-0.1, -0.05) is 44.7 Å². The van der Waals surface area contributed by atoms with Crippen LogP contribution in [0.15, 0.2) is 58.1 Å². The summed E-state index contributed by atoms with van der Waals surface area (Å²) in [6.45, 7) is 6.10. The van der Waals surface area contributed by atoms with E-state index in [0.717, 1.165) is 5.75 Å². The lowest BCUT2D eigenvalue weighted by Gasteiger charge is -2.12. The number of benzene rings is 2. The van der Waals surface area contributed by atoms with Crippen molar-refractivity contribution >= 4 is 11.8 Å². The Labute approximate surface area is 195 Å². The summed E-state index contributed by atoms with van der Waals surface area (Å²) in [6, 6.07) is 13.6. The topological polar surface area (TPSA) is 88.1 Å². The predicted octanol–water partition coefficient (Wildman–Crippen LogP) is 4.97. The molecule has 0 unspecified atom stereocenters. The first-order chi connectivity index (χ1) is 15.8. The van der Waals surface area contributed by atoms with Crippen LogP contribution in [-0.4, -0.2) is 32.1 Å². The minimum atomic E-state index is -0.391. The first-order valence-corrected chi connectivity index (χ1v) is 11.3. The highest BCUT2D eigenvalue weighted by molar-refractivity contribution is 7.98. The Hall–Kier alpha value is -3.40. The van der Waals surface area contributed by atoms with Crippen molar-refractivity contribution in [2.75, 3.05) is 7.11 Å². The number of methoxy groups -OCH3 is 1. The Morgan fingerprint density at radius 2 is 1.70 bits per heavy atom. The summed E-state index contributed by atoms with van der Waals surface area (Å²) in [4.78, 5) is 0. The van der Waals surface area contributed by atoms with E-state index in [4.69, 9.17) is 13.9 Å². The lowest BCUT2D eigenvalue weighted by molar-refractivity contribution is 0.292. The highest BCUT2D eigenvalue weighted by atomic mass is 32.2. The minimum Gasteiger partial charge on any atom is -0.497 e. The zero-order valence-corrected chi connectivity index (χ0v) is 19.6. The average Bonchev–Trinajstić information content (AvgIpc) is 3.44. The van der Waals surface area contributed by atoms with E-state index in [1.54, 1.807) is 54.1 Å². The molecule has 0 fully saturated rings. The van der Waals surface area contributed by atoms with Crippen LogP contribution >= 0.6 is 11.8 Å². The molecular weight excluding hydrogens is 445 g/mol. The summed E-state index contributed by atoms with van der Waals surface area (Å²) in [6.07, 6.45) is 0. The van der Waals surface area contributed by atoms with Crippen LogP contribution in [0.1, 0.15) is 38.4 Å². The van der Waals surface area contributed by atoms with E-state index in [2.05, 4.69) is 20.4 Å². The predicted molar refractivity (Wildman–Crippen MR) is 121 cm³/mol. The molecule has 172 valence electrons. The van der Waals surface area contributed by atoms with Crippen LogP contribution < -0.4 is 9.47 Å². The number of hydrogen-bond acceptors (Lipinski definition) is 8. The first-order valence-electron chi connectivity index (χ1n) is 10.3. The van der Waals surface area contributed by atoms with Gasteiger partial charge in [-0.15, -0.1) is 20.4 Å². The van der Waals surface area contributed by atoms with Crippen LogP contribution in [-0.2, 0) is 17.8 Å². The summed E-state index contributed by atoms with van der Waals surface area (Å²) in [5.41, 5.74) is 0.0916. The van der Waals surface area contributed by atoms with Crippen LogP contribution in [0.25, 0.3) is 5.69 Å². The average molecular weight is 470 g/mol. The van der Waals surface area contributed by atoms with Crippen LogP contribution in [0.3, 0.4) is 0 Å². The van der Waals surface area contributed by atoms with E-state index in [1.165, 1.54) is 17.8 Å². The normalized spacial score (nSPS) is 11.5. The Kier molecular flexibility index (Phi) is 6.64. The second-order valence-electron chi connectivity index (χ2n) is 8.19. The smallest absolute Gasteiger partial charge is 0.226 e. The summed E-state index contributed by atoms with van der Waals surface area (Å²) < 4.78 is 33.1. The molecule has 0 saturated carbocycles. The van der Waals surface area contributed by atoms with E-state index < -0.39 is 5.82 Å². The van der Waals surface area contributed by atoms with Crippen molar-refractivity contribution in [2.45, 2.75) is 43.7 Å². The SMILES string of the molecule is COc1ccc(OCc2nnc(SCc3nnc(C(C)(C)C)o3)n2-c2ccccc2F)cc1. The molecule has 0 bridgehead atoms. The summed E-state index contributed by atoms with van der Waals surface area (Å²) in [7, 11) is 1.60. The third-order valence-electron chi connectivity index (χ3n) is 4.65. The third kappa shape index (κ3) is 5.33. The van der Waals surface area contributed by atoms with E-state index in [-0.39, 0.29) is 12.0 Å². The monoisotopic (exact) mass is 469 g/mol. The molecule has 0 atom stereocenters. The molecule has 0 spiro atoms. The molecule has 0 N–H and O–H groups in total. The van der Waals surface area contributed by atoms with Gasteiger partial charge in [0, 0.05) is 5.41 Å². The Bertz CT molecular complexity index is 1220. The third-order valence-corrected chi connectivity index (χ3v) is 5.57. The number of hydrogen-bond donors (Lipinski definition) is 0. The van der Waals surface area contributed by atoms with Crippen molar-refractivity contribution in [2.24, 2.45) is 0 Å². The standard InChI is InChI=1S/C23H24FN5O3S/c1-23(2,3)21-27-26-20(32-21)14-33-22-28-25-19(29(22)18-8-6-5-7-17(18)24)13-31-16-11-9-15(30-4)10-12-16/h5-12H,13-14H2,1-4H3. The maximum absolute atomic E-state index is 14.7. The second kappa shape index (κ2) is 9.62. The molecule has 33 heavy (non-hydrogen) atoms. The highest BCUT2D eigenvalue weighted by Gasteiger charge is 2.23. The van der Waals surface area contributed by atoms with E-state index in [1.807, 2.05) is 20.8 Å². The Balaban J connectivity index is 1.57. The Morgan fingerprint density at radius 3 is 2.36 bits per heavy atom. The van der Waals surface area contributed by atoms with E-state index >= 15 is 0 Å².